The van der Waals surface area contributed by atoms with E-state index in [0.29, 0.717) is 21.6 Å². The van der Waals surface area contributed by atoms with Crippen LogP contribution < -0.4 is 10.9 Å². The number of halogens is 1. The van der Waals surface area contributed by atoms with Gasteiger partial charge in [-0.25, -0.2) is 4.98 Å². The van der Waals surface area contributed by atoms with Crippen LogP contribution in [0.2, 0.25) is 5.02 Å². The first-order valence-corrected chi connectivity index (χ1v) is 9.43. The molecule has 0 aliphatic heterocycles. The van der Waals surface area contributed by atoms with Crippen LogP contribution in [0.1, 0.15) is 18.9 Å². The van der Waals surface area contributed by atoms with Crippen molar-refractivity contribution in [2.45, 2.75) is 32.9 Å². The maximum atomic E-state index is 12.4. The number of carbonyl (C=O) groups excluding carboxylic acids is 2. The quantitative estimate of drug-likeness (QED) is 0.626. The summed E-state index contributed by atoms with van der Waals surface area (Å²) >= 11 is 5.94. The number of esters is 1. The third kappa shape index (κ3) is 5.00. The van der Waals surface area contributed by atoms with Crippen molar-refractivity contribution in [2.75, 3.05) is 5.32 Å². The van der Waals surface area contributed by atoms with Gasteiger partial charge in [-0.15, -0.1) is 0 Å². The molecule has 0 spiro atoms. The molecule has 1 amide bonds. The lowest BCUT2D eigenvalue weighted by Crippen LogP contribution is -2.31. The van der Waals surface area contributed by atoms with Gasteiger partial charge in [-0.2, -0.15) is 0 Å². The van der Waals surface area contributed by atoms with Crippen molar-refractivity contribution in [3.8, 4) is 0 Å². The fourth-order valence-corrected chi connectivity index (χ4v) is 2.92. The van der Waals surface area contributed by atoms with Gasteiger partial charge in [0.05, 0.1) is 23.7 Å². The van der Waals surface area contributed by atoms with Crippen molar-refractivity contribution < 1.29 is 14.3 Å². The molecule has 29 heavy (non-hydrogen) atoms. The highest BCUT2D eigenvalue weighted by atomic mass is 35.5. The van der Waals surface area contributed by atoms with E-state index >= 15 is 0 Å². The second kappa shape index (κ2) is 8.87. The molecule has 0 aliphatic carbocycles. The smallest absolute Gasteiger partial charge is 0.308 e. The first-order chi connectivity index (χ1) is 13.8. The molecular weight excluding hydrogens is 394 g/mol. The van der Waals surface area contributed by atoms with Crippen LogP contribution in [0.3, 0.4) is 0 Å². The summed E-state index contributed by atoms with van der Waals surface area (Å²) in [7, 11) is 0. The second-order valence-corrected chi connectivity index (χ2v) is 7.03. The molecule has 150 valence electrons. The fourth-order valence-electron chi connectivity index (χ4n) is 2.75. The van der Waals surface area contributed by atoms with Crippen molar-refractivity contribution >= 4 is 40.1 Å². The lowest BCUT2D eigenvalue weighted by atomic mass is 10.2. The minimum absolute atomic E-state index is 0.0618. The standard InChI is InChI=1S/C21H20ClN3O4/c1-13-7-8-15(22)11-18(13)24-20(27)14(2)29-19(26)9-10-25-12-23-17-6-4-3-5-16(17)21(25)28/h3-8,11-12,14H,9-10H2,1-2H3,(H,24,27). The van der Waals surface area contributed by atoms with Crippen molar-refractivity contribution in [2.24, 2.45) is 0 Å². The summed E-state index contributed by atoms with van der Waals surface area (Å²) < 4.78 is 6.53. The molecule has 0 saturated heterocycles. The first kappa shape index (κ1) is 20.5. The Balaban J connectivity index is 1.57. The Kier molecular flexibility index (Phi) is 6.29. The van der Waals surface area contributed by atoms with E-state index in [4.69, 9.17) is 16.3 Å². The molecule has 1 N–H and O–H groups in total. The number of carbonyl (C=O) groups is 2. The summed E-state index contributed by atoms with van der Waals surface area (Å²) in [6, 6.07) is 12.1. The SMILES string of the molecule is Cc1ccc(Cl)cc1NC(=O)C(C)OC(=O)CCn1cnc2ccccc2c1=O. The average Bonchev–Trinajstić information content (AvgIpc) is 2.70. The fraction of sp³-hybridized carbons (Fsp3) is 0.238. The van der Waals surface area contributed by atoms with E-state index < -0.39 is 18.0 Å². The Morgan fingerprint density at radius 3 is 2.79 bits per heavy atom. The number of aryl methyl sites for hydroxylation is 2. The number of ether oxygens (including phenoxy) is 1. The molecule has 0 radical (unpaired) electrons. The lowest BCUT2D eigenvalue weighted by Gasteiger charge is -2.15. The van der Waals surface area contributed by atoms with Crippen LogP contribution in [-0.4, -0.2) is 27.5 Å². The van der Waals surface area contributed by atoms with Gasteiger partial charge in [0.1, 0.15) is 0 Å². The number of anilines is 1. The average molecular weight is 414 g/mol. The molecule has 8 heteroatoms. The summed E-state index contributed by atoms with van der Waals surface area (Å²) in [5.74, 6) is -1.05. The summed E-state index contributed by atoms with van der Waals surface area (Å²) in [5, 5.41) is 3.66. The number of fused-ring (bicyclic) bond motifs is 1. The number of nitrogens with zero attached hydrogens (tertiary/aromatic N) is 2. The Morgan fingerprint density at radius 2 is 2.00 bits per heavy atom. The van der Waals surface area contributed by atoms with Gasteiger partial charge in [0.25, 0.3) is 11.5 Å². The molecule has 3 rings (SSSR count). The third-order valence-corrected chi connectivity index (χ3v) is 4.66. The lowest BCUT2D eigenvalue weighted by molar-refractivity contribution is -0.153. The Hall–Kier alpha value is -3.19. The van der Waals surface area contributed by atoms with E-state index in [1.807, 2.05) is 6.92 Å². The highest BCUT2D eigenvalue weighted by Crippen LogP contribution is 2.20. The molecule has 1 unspecified atom stereocenters. The number of amides is 1. The van der Waals surface area contributed by atoms with Crippen molar-refractivity contribution in [3.63, 3.8) is 0 Å². The normalized spacial score (nSPS) is 11.8. The predicted octanol–water partition coefficient (Wildman–Crippen LogP) is 3.32. The summed E-state index contributed by atoms with van der Waals surface area (Å²) in [6.45, 7) is 3.42. The van der Waals surface area contributed by atoms with E-state index in [1.54, 1.807) is 42.5 Å². The number of nitrogens with one attached hydrogen (secondary N) is 1. The molecule has 2 aromatic carbocycles. The minimum atomic E-state index is -0.993. The van der Waals surface area contributed by atoms with Gasteiger partial charge in [-0.3, -0.25) is 19.0 Å². The first-order valence-electron chi connectivity index (χ1n) is 9.06. The van der Waals surface area contributed by atoms with E-state index in [0.717, 1.165) is 5.56 Å². The van der Waals surface area contributed by atoms with Crippen LogP contribution >= 0.6 is 11.6 Å². The van der Waals surface area contributed by atoms with E-state index in [9.17, 15) is 14.4 Å². The molecule has 1 aromatic heterocycles. The Bertz CT molecular complexity index is 1130. The summed E-state index contributed by atoms with van der Waals surface area (Å²) in [6.07, 6.45) is 0.344. The zero-order chi connectivity index (χ0) is 21.0. The number of rotatable bonds is 6. The van der Waals surface area contributed by atoms with Crippen LogP contribution in [0.25, 0.3) is 10.9 Å². The molecule has 0 fully saturated rings. The monoisotopic (exact) mass is 413 g/mol. The maximum absolute atomic E-state index is 12.4. The molecule has 3 aromatic rings. The maximum Gasteiger partial charge on any atom is 0.308 e. The van der Waals surface area contributed by atoms with Gasteiger partial charge in [-0.1, -0.05) is 29.8 Å². The van der Waals surface area contributed by atoms with Gasteiger partial charge in [0.15, 0.2) is 6.10 Å². The van der Waals surface area contributed by atoms with Gasteiger partial charge < -0.3 is 10.1 Å². The molecule has 1 heterocycles. The summed E-state index contributed by atoms with van der Waals surface area (Å²) in [5.41, 5.74) is 1.76. The van der Waals surface area contributed by atoms with Crippen molar-refractivity contribution in [1.82, 2.24) is 9.55 Å². The molecule has 7 nitrogen and oxygen atoms in total. The van der Waals surface area contributed by atoms with Gasteiger partial charge in [-0.05, 0) is 43.7 Å². The van der Waals surface area contributed by atoms with Crippen LogP contribution in [-0.2, 0) is 20.9 Å². The molecule has 0 saturated carbocycles. The highest BCUT2D eigenvalue weighted by molar-refractivity contribution is 6.31. The van der Waals surface area contributed by atoms with Gasteiger partial charge in [0.2, 0.25) is 0 Å². The second-order valence-electron chi connectivity index (χ2n) is 6.59. The van der Waals surface area contributed by atoms with Crippen LogP contribution in [0.5, 0.6) is 0 Å². The van der Waals surface area contributed by atoms with Crippen LogP contribution in [0, 0.1) is 6.92 Å². The largest absolute Gasteiger partial charge is 0.452 e. The number of hydrogen-bond donors (Lipinski definition) is 1. The van der Waals surface area contributed by atoms with Gasteiger partial charge in [0, 0.05) is 17.3 Å². The molecule has 0 aliphatic rings. The predicted molar refractivity (Wildman–Crippen MR) is 111 cm³/mol. The van der Waals surface area contributed by atoms with E-state index in [2.05, 4.69) is 10.3 Å². The highest BCUT2D eigenvalue weighted by Gasteiger charge is 2.19. The topological polar surface area (TPSA) is 90.3 Å². The van der Waals surface area contributed by atoms with Crippen LogP contribution in [0.15, 0.2) is 53.6 Å². The number of aromatic nitrogens is 2. The molecule has 0 bridgehead atoms. The third-order valence-electron chi connectivity index (χ3n) is 4.42. The summed E-state index contributed by atoms with van der Waals surface area (Å²) in [4.78, 5) is 41.0. The number of benzene rings is 2. The van der Waals surface area contributed by atoms with Gasteiger partial charge >= 0.3 is 5.97 Å². The Morgan fingerprint density at radius 1 is 1.24 bits per heavy atom. The van der Waals surface area contributed by atoms with E-state index in [1.165, 1.54) is 17.8 Å². The number of para-hydroxylation sites is 1. The molecule has 1 atom stereocenters. The zero-order valence-corrected chi connectivity index (χ0v) is 16.8. The minimum Gasteiger partial charge on any atom is -0.452 e. The van der Waals surface area contributed by atoms with Crippen LogP contribution in [0.4, 0.5) is 5.69 Å². The Labute approximate surface area is 172 Å². The van der Waals surface area contributed by atoms with Crippen molar-refractivity contribution in [1.29, 1.82) is 0 Å². The zero-order valence-electron chi connectivity index (χ0n) is 16.0. The molecular formula is C21H20ClN3O4. The number of hydrogen-bond acceptors (Lipinski definition) is 5. The van der Waals surface area contributed by atoms with E-state index in [-0.39, 0.29) is 18.5 Å². The van der Waals surface area contributed by atoms with Crippen molar-refractivity contribution in [3.05, 3.63) is 69.7 Å².